The van der Waals surface area contributed by atoms with Crippen LogP contribution in [0.15, 0.2) is 54.7 Å². The average Bonchev–Trinajstić information content (AvgIpc) is 2.92. The third-order valence-corrected chi connectivity index (χ3v) is 6.18. The fraction of sp³-hybridized carbons (Fsp3) is 0.308. The van der Waals surface area contributed by atoms with Crippen molar-refractivity contribution in [3.05, 3.63) is 76.0 Å². The first-order chi connectivity index (χ1) is 17.4. The molecule has 0 unspecified atom stereocenters. The number of benzene rings is 2. The van der Waals surface area contributed by atoms with Gasteiger partial charge in [0.1, 0.15) is 0 Å². The Bertz CT molecular complexity index is 1210. The molecule has 4 rings (SSSR count). The number of pyridine rings is 1. The Balaban J connectivity index is 1.41. The van der Waals surface area contributed by atoms with Crippen LogP contribution < -0.4 is 14.2 Å². The van der Waals surface area contributed by atoms with Crippen LogP contribution in [-0.4, -0.2) is 73.1 Å². The maximum absolute atomic E-state index is 12.8. The van der Waals surface area contributed by atoms with Crippen molar-refractivity contribution in [3.63, 3.8) is 0 Å². The van der Waals surface area contributed by atoms with Crippen LogP contribution >= 0.6 is 0 Å². The number of hydrogen-bond acceptors (Lipinski definition) is 8. The molecule has 2 heterocycles. The minimum absolute atomic E-state index is 0.0281. The molecule has 10 heteroatoms. The second-order valence-electron chi connectivity index (χ2n) is 8.34. The fourth-order valence-electron chi connectivity index (χ4n) is 4.24. The zero-order chi connectivity index (χ0) is 25.7. The van der Waals surface area contributed by atoms with Crippen LogP contribution in [0, 0.1) is 10.1 Å². The summed E-state index contributed by atoms with van der Waals surface area (Å²) in [6, 6.07) is 13.5. The molecule has 1 saturated heterocycles. The topological polar surface area (TPSA) is 107 Å². The Morgan fingerprint density at radius 1 is 0.944 bits per heavy atom. The van der Waals surface area contributed by atoms with Gasteiger partial charge in [-0.25, -0.2) is 0 Å². The molecule has 1 aromatic heterocycles. The van der Waals surface area contributed by atoms with Gasteiger partial charge in [-0.05, 0) is 42.0 Å². The summed E-state index contributed by atoms with van der Waals surface area (Å²) in [4.78, 5) is 31.8. The summed E-state index contributed by atoms with van der Waals surface area (Å²) < 4.78 is 16.3. The summed E-state index contributed by atoms with van der Waals surface area (Å²) >= 11 is 0. The Kier molecular flexibility index (Phi) is 7.65. The molecule has 0 saturated carbocycles. The van der Waals surface area contributed by atoms with Crippen LogP contribution in [0.4, 0.5) is 5.69 Å². The number of aromatic nitrogens is 1. The van der Waals surface area contributed by atoms with E-state index in [1.54, 1.807) is 32.4 Å². The number of nitrogens with zero attached hydrogens (tertiary/aromatic N) is 4. The number of nitro groups is 1. The summed E-state index contributed by atoms with van der Waals surface area (Å²) in [6.45, 7) is 3.34. The van der Waals surface area contributed by atoms with E-state index >= 15 is 0 Å². The van der Waals surface area contributed by atoms with Crippen molar-refractivity contribution in [1.29, 1.82) is 0 Å². The lowest BCUT2D eigenvalue weighted by Gasteiger charge is -2.34. The molecule has 188 valence electrons. The van der Waals surface area contributed by atoms with Crippen LogP contribution in [0.1, 0.15) is 15.9 Å². The van der Waals surface area contributed by atoms with Crippen LogP contribution in [0.3, 0.4) is 0 Å². The van der Waals surface area contributed by atoms with Crippen LogP contribution in [0.2, 0.25) is 0 Å². The van der Waals surface area contributed by atoms with Gasteiger partial charge in [0.2, 0.25) is 5.75 Å². The van der Waals surface area contributed by atoms with Crippen molar-refractivity contribution in [2.24, 2.45) is 0 Å². The predicted octanol–water partition coefficient (Wildman–Crippen LogP) is 3.64. The molecule has 1 aliphatic heterocycles. The van der Waals surface area contributed by atoms with E-state index in [9.17, 15) is 14.9 Å². The van der Waals surface area contributed by atoms with Crippen molar-refractivity contribution in [3.8, 4) is 28.5 Å². The molecular weight excluding hydrogens is 464 g/mol. The number of ether oxygens (including phenoxy) is 3. The first kappa shape index (κ1) is 24.9. The van der Waals surface area contributed by atoms with Gasteiger partial charge in [-0.3, -0.25) is 24.8 Å². The lowest BCUT2D eigenvalue weighted by Crippen LogP contribution is -2.48. The maximum atomic E-state index is 12.8. The standard InChI is InChI=1S/C26H28N4O6/c1-34-23-15-20(16-24(35-2)25(23)36-3)22-14-18(8-9-27-22)17-28-10-12-29(13-11-28)26(31)19-4-6-21(7-5-19)30(32)33/h4-9,14-16H,10-13,17H2,1-3H3. The van der Waals surface area contributed by atoms with Gasteiger partial charge in [0.25, 0.3) is 11.6 Å². The lowest BCUT2D eigenvalue weighted by molar-refractivity contribution is -0.384. The van der Waals surface area contributed by atoms with Crippen molar-refractivity contribution in [2.45, 2.75) is 6.54 Å². The largest absolute Gasteiger partial charge is 0.493 e. The highest BCUT2D eigenvalue weighted by molar-refractivity contribution is 5.94. The SMILES string of the molecule is COc1cc(-c2cc(CN3CCN(C(=O)c4ccc([N+](=O)[O-])cc4)CC3)ccn2)cc(OC)c1OC. The number of nitro benzene ring substituents is 1. The van der Waals surface area contributed by atoms with E-state index in [-0.39, 0.29) is 11.6 Å². The molecule has 0 N–H and O–H groups in total. The van der Waals surface area contributed by atoms with Gasteiger partial charge in [0.05, 0.1) is 31.9 Å². The monoisotopic (exact) mass is 492 g/mol. The molecule has 0 atom stereocenters. The predicted molar refractivity (Wildman–Crippen MR) is 134 cm³/mol. The second kappa shape index (κ2) is 11.0. The number of carbonyl (C=O) groups is 1. The Morgan fingerprint density at radius 2 is 1.58 bits per heavy atom. The van der Waals surface area contributed by atoms with Crippen molar-refractivity contribution in [1.82, 2.24) is 14.8 Å². The average molecular weight is 493 g/mol. The molecule has 0 spiro atoms. The molecule has 36 heavy (non-hydrogen) atoms. The van der Waals surface area contributed by atoms with Crippen LogP contribution in [0.5, 0.6) is 17.2 Å². The molecule has 1 amide bonds. The number of non-ortho nitro benzene ring substituents is 1. The summed E-state index contributed by atoms with van der Waals surface area (Å²) in [5.74, 6) is 1.54. The number of methoxy groups -OCH3 is 3. The molecule has 1 aliphatic rings. The molecule has 0 aliphatic carbocycles. The number of hydrogen-bond donors (Lipinski definition) is 0. The lowest BCUT2D eigenvalue weighted by atomic mass is 10.1. The molecule has 10 nitrogen and oxygen atoms in total. The van der Waals surface area contributed by atoms with E-state index in [1.165, 1.54) is 24.3 Å². The van der Waals surface area contributed by atoms with Gasteiger partial charge < -0.3 is 19.1 Å². The van der Waals surface area contributed by atoms with E-state index in [0.717, 1.165) is 36.5 Å². The molecule has 1 fully saturated rings. The maximum Gasteiger partial charge on any atom is 0.269 e. The van der Waals surface area contributed by atoms with E-state index < -0.39 is 4.92 Å². The van der Waals surface area contributed by atoms with Crippen molar-refractivity contribution in [2.75, 3.05) is 47.5 Å². The molecule has 3 aromatic rings. The number of amides is 1. The van der Waals surface area contributed by atoms with Gasteiger partial charge in [-0.2, -0.15) is 0 Å². The number of rotatable bonds is 8. The smallest absolute Gasteiger partial charge is 0.269 e. The van der Waals surface area contributed by atoms with Gasteiger partial charge >= 0.3 is 0 Å². The summed E-state index contributed by atoms with van der Waals surface area (Å²) in [6.07, 6.45) is 1.78. The summed E-state index contributed by atoms with van der Waals surface area (Å²) in [7, 11) is 4.73. The molecule has 0 radical (unpaired) electrons. The highest BCUT2D eigenvalue weighted by Crippen LogP contribution is 2.40. The number of piperazine rings is 1. The van der Waals surface area contributed by atoms with E-state index in [4.69, 9.17) is 14.2 Å². The van der Waals surface area contributed by atoms with Gasteiger partial charge in [-0.1, -0.05) is 0 Å². The molecule has 2 aromatic carbocycles. The quantitative estimate of drug-likeness (QED) is 0.347. The summed E-state index contributed by atoms with van der Waals surface area (Å²) in [5, 5.41) is 10.8. The number of carbonyl (C=O) groups excluding carboxylic acids is 1. The summed E-state index contributed by atoms with van der Waals surface area (Å²) in [5.41, 5.74) is 3.17. The van der Waals surface area contributed by atoms with E-state index in [2.05, 4.69) is 9.88 Å². The Morgan fingerprint density at radius 3 is 2.14 bits per heavy atom. The molecular formula is C26H28N4O6. The third-order valence-electron chi connectivity index (χ3n) is 6.18. The molecule has 0 bridgehead atoms. The Hall–Kier alpha value is -4.18. The third kappa shape index (κ3) is 5.38. The zero-order valence-electron chi connectivity index (χ0n) is 20.5. The van der Waals surface area contributed by atoms with Crippen molar-refractivity contribution >= 4 is 11.6 Å². The van der Waals surface area contributed by atoms with Gasteiger partial charge in [0.15, 0.2) is 11.5 Å². The first-order valence-corrected chi connectivity index (χ1v) is 11.4. The van der Waals surface area contributed by atoms with E-state index in [1.807, 2.05) is 24.3 Å². The first-order valence-electron chi connectivity index (χ1n) is 11.4. The Labute approximate surface area is 209 Å². The van der Waals surface area contributed by atoms with Crippen molar-refractivity contribution < 1.29 is 23.9 Å². The zero-order valence-corrected chi connectivity index (χ0v) is 20.5. The van der Waals surface area contributed by atoms with Crippen LogP contribution in [-0.2, 0) is 6.54 Å². The normalized spacial score (nSPS) is 13.8. The highest BCUT2D eigenvalue weighted by atomic mass is 16.6. The second-order valence-corrected chi connectivity index (χ2v) is 8.34. The van der Waals surface area contributed by atoms with E-state index in [0.29, 0.717) is 35.9 Å². The minimum Gasteiger partial charge on any atom is -0.493 e. The minimum atomic E-state index is -0.473. The van der Waals surface area contributed by atoms with Gasteiger partial charge in [-0.15, -0.1) is 0 Å². The highest BCUT2D eigenvalue weighted by Gasteiger charge is 2.23. The van der Waals surface area contributed by atoms with Crippen LogP contribution in [0.25, 0.3) is 11.3 Å². The van der Waals surface area contributed by atoms with Gasteiger partial charge in [0, 0.05) is 62.2 Å². The fourth-order valence-corrected chi connectivity index (χ4v) is 4.24.